The van der Waals surface area contributed by atoms with Crippen molar-refractivity contribution in [3.63, 3.8) is 0 Å². The number of aldehydes is 1. The van der Waals surface area contributed by atoms with Crippen LogP contribution in [0.1, 0.15) is 56.9 Å². The van der Waals surface area contributed by atoms with Crippen LogP contribution in [0.15, 0.2) is 36.4 Å². The molecule has 98 valence electrons. The van der Waals surface area contributed by atoms with Gasteiger partial charge in [-0.3, -0.25) is 0 Å². The van der Waals surface area contributed by atoms with Crippen LogP contribution in [-0.2, 0) is 4.79 Å². The number of rotatable bonds is 10. The fraction of sp³-hybridized carbons (Fsp3) is 0.471. The number of benzene rings is 1. The zero-order valence-corrected chi connectivity index (χ0v) is 11.2. The molecule has 1 nitrogen and oxygen atoms in total. The van der Waals surface area contributed by atoms with E-state index in [4.69, 9.17) is 0 Å². The summed E-state index contributed by atoms with van der Waals surface area (Å²) in [5.74, 6) is 0. The van der Waals surface area contributed by atoms with Crippen LogP contribution in [0.2, 0.25) is 0 Å². The minimum absolute atomic E-state index is 0.736. The highest BCUT2D eigenvalue weighted by molar-refractivity contribution is 5.49. The molecule has 1 aromatic rings. The third-order valence-electron chi connectivity index (χ3n) is 3.05. The Balaban J connectivity index is 1.92. The van der Waals surface area contributed by atoms with Gasteiger partial charge < -0.3 is 4.79 Å². The molecule has 0 amide bonds. The predicted molar refractivity (Wildman–Crippen MR) is 78.5 cm³/mol. The quantitative estimate of drug-likeness (QED) is 0.417. The molecule has 0 aliphatic carbocycles. The Morgan fingerprint density at radius 2 is 1.39 bits per heavy atom. The van der Waals surface area contributed by atoms with Crippen LogP contribution in [0.5, 0.6) is 0 Å². The molecule has 0 saturated carbocycles. The zero-order valence-electron chi connectivity index (χ0n) is 11.2. The van der Waals surface area contributed by atoms with Crippen LogP contribution in [0.3, 0.4) is 0 Å². The molecule has 1 heteroatoms. The Labute approximate surface area is 111 Å². The molecular formula is C17H24O. The molecule has 0 unspecified atom stereocenters. The molecule has 0 aliphatic heterocycles. The van der Waals surface area contributed by atoms with Crippen molar-refractivity contribution in [1.29, 1.82) is 0 Å². The summed E-state index contributed by atoms with van der Waals surface area (Å²) in [4.78, 5) is 10.1. The van der Waals surface area contributed by atoms with Gasteiger partial charge in [0.2, 0.25) is 0 Å². The average molecular weight is 244 g/mol. The highest BCUT2D eigenvalue weighted by atomic mass is 16.1. The van der Waals surface area contributed by atoms with E-state index in [-0.39, 0.29) is 0 Å². The third kappa shape index (κ3) is 7.83. The second-order valence-corrected chi connectivity index (χ2v) is 4.68. The highest BCUT2D eigenvalue weighted by Crippen LogP contribution is 2.09. The van der Waals surface area contributed by atoms with Crippen molar-refractivity contribution in [3.8, 4) is 0 Å². The standard InChI is InChI=1S/C17H24O/c18-16-12-7-5-3-1-2-4-6-9-13-17-14-10-8-11-15-17/h8-11,13-16H,1-7,12H2. The number of hydrogen-bond acceptors (Lipinski definition) is 1. The molecular weight excluding hydrogens is 220 g/mol. The lowest BCUT2D eigenvalue weighted by molar-refractivity contribution is -0.107. The highest BCUT2D eigenvalue weighted by Gasteiger charge is 1.90. The molecule has 0 saturated heterocycles. The van der Waals surface area contributed by atoms with Gasteiger partial charge in [0, 0.05) is 6.42 Å². The van der Waals surface area contributed by atoms with Gasteiger partial charge in [-0.05, 0) is 24.8 Å². The summed E-state index contributed by atoms with van der Waals surface area (Å²) in [5.41, 5.74) is 1.28. The van der Waals surface area contributed by atoms with Crippen LogP contribution in [0.25, 0.3) is 6.08 Å². The Kier molecular flexibility index (Phi) is 8.78. The topological polar surface area (TPSA) is 17.1 Å². The van der Waals surface area contributed by atoms with E-state index in [0.29, 0.717) is 0 Å². The fourth-order valence-electron chi connectivity index (χ4n) is 1.98. The van der Waals surface area contributed by atoms with Gasteiger partial charge in [0.15, 0.2) is 0 Å². The molecule has 0 fully saturated rings. The van der Waals surface area contributed by atoms with Crippen LogP contribution in [-0.4, -0.2) is 6.29 Å². The van der Waals surface area contributed by atoms with Gasteiger partial charge in [0.05, 0.1) is 0 Å². The fourth-order valence-corrected chi connectivity index (χ4v) is 1.98. The zero-order chi connectivity index (χ0) is 12.9. The largest absolute Gasteiger partial charge is 0.303 e. The molecule has 0 N–H and O–H groups in total. The van der Waals surface area contributed by atoms with Gasteiger partial charge >= 0.3 is 0 Å². The van der Waals surface area contributed by atoms with Crippen molar-refractivity contribution in [3.05, 3.63) is 42.0 Å². The van der Waals surface area contributed by atoms with E-state index in [1.165, 1.54) is 44.1 Å². The summed E-state index contributed by atoms with van der Waals surface area (Å²) in [6.45, 7) is 0. The maximum absolute atomic E-state index is 10.1. The summed E-state index contributed by atoms with van der Waals surface area (Å²) < 4.78 is 0. The van der Waals surface area contributed by atoms with E-state index in [1.807, 2.05) is 6.07 Å². The molecule has 1 rings (SSSR count). The molecule has 18 heavy (non-hydrogen) atoms. The van der Waals surface area contributed by atoms with Gasteiger partial charge in [-0.15, -0.1) is 0 Å². The SMILES string of the molecule is O=CCCCCCCCCC=Cc1ccccc1. The lowest BCUT2D eigenvalue weighted by Gasteiger charge is -1.98. The summed E-state index contributed by atoms with van der Waals surface area (Å²) in [5, 5.41) is 0. The van der Waals surface area contributed by atoms with Crippen molar-refractivity contribution in [2.45, 2.75) is 51.4 Å². The molecule has 0 atom stereocenters. The average Bonchev–Trinajstić information content (AvgIpc) is 2.42. The van der Waals surface area contributed by atoms with Crippen LogP contribution >= 0.6 is 0 Å². The third-order valence-corrected chi connectivity index (χ3v) is 3.05. The van der Waals surface area contributed by atoms with Crippen molar-refractivity contribution in [2.75, 3.05) is 0 Å². The van der Waals surface area contributed by atoms with E-state index in [9.17, 15) is 4.79 Å². The summed E-state index contributed by atoms with van der Waals surface area (Å²) in [7, 11) is 0. The normalized spacial score (nSPS) is 10.9. The smallest absolute Gasteiger partial charge is 0.119 e. The molecule has 1 aromatic carbocycles. The van der Waals surface area contributed by atoms with Crippen molar-refractivity contribution in [1.82, 2.24) is 0 Å². The molecule has 0 bridgehead atoms. The molecule has 0 aliphatic rings. The molecule has 0 spiro atoms. The van der Waals surface area contributed by atoms with E-state index in [0.717, 1.165) is 19.1 Å². The summed E-state index contributed by atoms with van der Waals surface area (Å²) in [6, 6.07) is 10.4. The maximum atomic E-state index is 10.1. The summed E-state index contributed by atoms with van der Waals surface area (Å²) in [6.07, 6.45) is 14.8. The van der Waals surface area contributed by atoms with Crippen molar-refractivity contribution >= 4 is 12.4 Å². The van der Waals surface area contributed by atoms with Crippen molar-refractivity contribution < 1.29 is 4.79 Å². The number of carbonyl (C=O) groups is 1. The number of unbranched alkanes of at least 4 members (excludes halogenated alkanes) is 7. The first-order valence-corrected chi connectivity index (χ1v) is 7.08. The van der Waals surface area contributed by atoms with Gasteiger partial charge in [0.1, 0.15) is 6.29 Å². The second-order valence-electron chi connectivity index (χ2n) is 4.68. The van der Waals surface area contributed by atoms with E-state index in [1.54, 1.807) is 0 Å². The maximum Gasteiger partial charge on any atom is 0.119 e. The summed E-state index contributed by atoms with van der Waals surface area (Å²) >= 11 is 0. The Hall–Kier alpha value is -1.37. The van der Waals surface area contributed by atoms with E-state index >= 15 is 0 Å². The van der Waals surface area contributed by atoms with E-state index < -0.39 is 0 Å². The number of carbonyl (C=O) groups excluding carboxylic acids is 1. The van der Waals surface area contributed by atoms with Crippen LogP contribution in [0, 0.1) is 0 Å². The van der Waals surface area contributed by atoms with Gasteiger partial charge in [0.25, 0.3) is 0 Å². The lowest BCUT2D eigenvalue weighted by atomic mass is 10.1. The molecule has 0 aromatic heterocycles. The first-order chi connectivity index (χ1) is 8.93. The Morgan fingerprint density at radius 1 is 0.778 bits per heavy atom. The first kappa shape index (κ1) is 14.7. The number of hydrogen-bond donors (Lipinski definition) is 0. The Bertz CT molecular complexity index is 327. The minimum Gasteiger partial charge on any atom is -0.303 e. The van der Waals surface area contributed by atoms with Gasteiger partial charge in [-0.2, -0.15) is 0 Å². The van der Waals surface area contributed by atoms with E-state index in [2.05, 4.69) is 36.4 Å². The lowest BCUT2D eigenvalue weighted by Crippen LogP contribution is -1.80. The van der Waals surface area contributed by atoms with Gasteiger partial charge in [-0.25, -0.2) is 0 Å². The minimum atomic E-state index is 0.736. The van der Waals surface area contributed by atoms with Gasteiger partial charge in [-0.1, -0.05) is 68.2 Å². The molecule has 0 heterocycles. The Morgan fingerprint density at radius 3 is 2.06 bits per heavy atom. The first-order valence-electron chi connectivity index (χ1n) is 7.08. The van der Waals surface area contributed by atoms with Crippen LogP contribution in [0.4, 0.5) is 0 Å². The monoisotopic (exact) mass is 244 g/mol. The van der Waals surface area contributed by atoms with Crippen LogP contribution < -0.4 is 0 Å². The number of allylic oxidation sites excluding steroid dienone is 1. The van der Waals surface area contributed by atoms with Crippen molar-refractivity contribution in [2.24, 2.45) is 0 Å². The molecule has 0 radical (unpaired) electrons. The predicted octanol–water partition coefficient (Wildman–Crippen LogP) is 5.02. The second kappa shape index (κ2) is 10.8.